The smallest absolute Gasteiger partial charge is 0.376 e. The Morgan fingerprint density at radius 1 is 1.24 bits per heavy atom. The predicted octanol–water partition coefficient (Wildman–Crippen LogP) is 4.96. The molecule has 0 spiro atoms. The molecule has 1 aliphatic rings. The average molecular weight is 357 g/mol. The molecule has 1 aliphatic carbocycles. The first-order valence-electron chi connectivity index (χ1n) is 6.52. The van der Waals surface area contributed by atoms with Crippen molar-refractivity contribution in [3.8, 4) is 0 Å². The molecule has 0 radical (unpaired) electrons. The molecule has 2 nitrogen and oxygen atoms in total. The lowest BCUT2D eigenvalue weighted by Gasteiger charge is -2.17. The van der Waals surface area contributed by atoms with Crippen LogP contribution in [0.1, 0.15) is 29.3 Å². The van der Waals surface area contributed by atoms with Gasteiger partial charge in [-0.1, -0.05) is 6.07 Å². The number of halogens is 4. The molecule has 1 N–H and O–H groups in total. The summed E-state index contributed by atoms with van der Waals surface area (Å²) >= 11 is 3.29. The highest BCUT2D eigenvalue weighted by Crippen LogP contribution is 2.37. The zero-order valence-electron chi connectivity index (χ0n) is 10.9. The molecule has 21 heavy (non-hydrogen) atoms. The van der Waals surface area contributed by atoms with Gasteiger partial charge in [-0.2, -0.15) is 13.2 Å². The van der Waals surface area contributed by atoms with Crippen molar-refractivity contribution in [1.82, 2.24) is 4.98 Å². The van der Waals surface area contributed by atoms with Crippen molar-refractivity contribution in [3.05, 3.63) is 57.8 Å². The zero-order chi connectivity index (χ0) is 15.0. The molecule has 2 aromatic rings. The molecular formula is C15H12BrF3N2. The van der Waals surface area contributed by atoms with Crippen molar-refractivity contribution in [1.29, 1.82) is 0 Å². The van der Waals surface area contributed by atoms with Gasteiger partial charge >= 0.3 is 6.18 Å². The fourth-order valence-corrected chi connectivity index (χ4v) is 2.91. The third-order valence-corrected chi connectivity index (χ3v) is 4.27. The molecule has 3 rings (SSSR count). The Morgan fingerprint density at radius 2 is 2.05 bits per heavy atom. The molecule has 0 fully saturated rings. The molecule has 1 aromatic carbocycles. The summed E-state index contributed by atoms with van der Waals surface area (Å²) in [5.41, 5.74) is 1.85. The lowest BCUT2D eigenvalue weighted by atomic mass is 10.1. The van der Waals surface area contributed by atoms with Crippen molar-refractivity contribution in [3.63, 3.8) is 0 Å². The standard InChI is InChI=1S/C15H12BrF3N2/c16-11-5-4-10(15(17,18)19)8-13(11)21-12-6-3-9-2-1-7-20-14(9)12/h1-2,4-5,7-8,12,21H,3,6H2. The van der Waals surface area contributed by atoms with Crippen molar-refractivity contribution in [2.75, 3.05) is 5.32 Å². The third-order valence-electron chi connectivity index (χ3n) is 3.58. The van der Waals surface area contributed by atoms with E-state index < -0.39 is 11.7 Å². The fourth-order valence-electron chi connectivity index (χ4n) is 2.55. The van der Waals surface area contributed by atoms with Crippen LogP contribution in [0, 0.1) is 0 Å². The Balaban J connectivity index is 1.89. The number of nitrogens with one attached hydrogen (secondary N) is 1. The molecule has 0 aliphatic heterocycles. The average Bonchev–Trinajstić information content (AvgIpc) is 2.83. The molecule has 0 amide bonds. The van der Waals surface area contributed by atoms with E-state index in [1.807, 2.05) is 12.1 Å². The van der Waals surface area contributed by atoms with E-state index in [9.17, 15) is 13.2 Å². The maximum Gasteiger partial charge on any atom is 0.416 e. The van der Waals surface area contributed by atoms with Crippen LogP contribution in [0.3, 0.4) is 0 Å². The molecule has 1 unspecified atom stereocenters. The van der Waals surface area contributed by atoms with Gasteiger partial charge in [0.1, 0.15) is 0 Å². The van der Waals surface area contributed by atoms with Crippen LogP contribution in [0.15, 0.2) is 41.0 Å². The fraction of sp³-hybridized carbons (Fsp3) is 0.267. The lowest BCUT2D eigenvalue weighted by molar-refractivity contribution is -0.137. The minimum Gasteiger partial charge on any atom is -0.376 e. The van der Waals surface area contributed by atoms with Gasteiger partial charge in [0.2, 0.25) is 0 Å². The van der Waals surface area contributed by atoms with E-state index in [0.717, 1.165) is 36.2 Å². The molecule has 0 bridgehead atoms. The van der Waals surface area contributed by atoms with E-state index in [2.05, 4.69) is 26.2 Å². The van der Waals surface area contributed by atoms with Crippen LogP contribution in [0.4, 0.5) is 18.9 Å². The Labute approximate surface area is 128 Å². The van der Waals surface area contributed by atoms with Gasteiger partial charge in [-0.05, 0) is 58.6 Å². The van der Waals surface area contributed by atoms with E-state index in [4.69, 9.17) is 0 Å². The van der Waals surface area contributed by atoms with E-state index in [1.54, 1.807) is 6.20 Å². The van der Waals surface area contributed by atoms with Crippen molar-refractivity contribution in [2.24, 2.45) is 0 Å². The summed E-state index contributed by atoms with van der Waals surface area (Å²) in [5.74, 6) is 0. The van der Waals surface area contributed by atoms with Gasteiger partial charge in [0.15, 0.2) is 0 Å². The normalized spacial score (nSPS) is 17.6. The summed E-state index contributed by atoms with van der Waals surface area (Å²) < 4.78 is 39.0. The van der Waals surface area contributed by atoms with Gasteiger partial charge in [0.25, 0.3) is 0 Å². The molecule has 1 aromatic heterocycles. The first kappa shape index (κ1) is 14.4. The van der Waals surface area contributed by atoms with Gasteiger partial charge in [-0.3, -0.25) is 4.98 Å². The summed E-state index contributed by atoms with van der Waals surface area (Å²) in [4.78, 5) is 4.34. The number of fused-ring (bicyclic) bond motifs is 1. The number of pyridine rings is 1. The Bertz CT molecular complexity index is 670. The highest BCUT2D eigenvalue weighted by atomic mass is 79.9. The maximum atomic E-state index is 12.8. The Morgan fingerprint density at radius 3 is 2.81 bits per heavy atom. The summed E-state index contributed by atoms with van der Waals surface area (Å²) in [5, 5.41) is 3.17. The quantitative estimate of drug-likeness (QED) is 0.822. The number of aromatic nitrogens is 1. The van der Waals surface area contributed by atoms with Crippen LogP contribution < -0.4 is 5.32 Å². The molecule has 1 atom stereocenters. The second-order valence-electron chi connectivity index (χ2n) is 4.98. The van der Waals surface area contributed by atoms with Gasteiger partial charge in [-0.15, -0.1) is 0 Å². The van der Waals surface area contributed by atoms with Crippen LogP contribution >= 0.6 is 15.9 Å². The number of alkyl halides is 3. The molecule has 1 heterocycles. The van der Waals surface area contributed by atoms with Crippen molar-refractivity contribution in [2.45, 2.75) is 25.1 Å². The number of benzene rings is 1. The minimum atomic E-state index is -4.34. The highest BCUT2D eigenvalue weighted by Gasteiger charge is 2.31. The Kier molecular flexibility index (Phi) is 3.65. The van der Waals surface area contributed by atoms with E-state index in [1.165, 1.54) is 6.07 Å². The molecule has 6 heteroatoms. The number of nitrogens with zero attached hydrogens (tertiary/aromatic N) is 1. The highest BCUT2D eigenvalue weighted by molar-refractivity contribution is 9.10. The SMILES string of the molecule is FC(F)(F)c1ccc(Br)c(NC2CCc3cccnc32)c1. The second kappa shape index (κ2) is 5.33. The van der Waals surface area contributed by atoms with Crippen LogP contribution in [-0.2, 0) is 12.6 Å². The third kappa shape index (κ3) is 2.90. The summed E-state index contributed by atoms with van der Waals surface area (Å²) in [6.45, 7) is 0. The molecule has 0 saturated heterocycles. The summed E-state index contributed by atoms with van der Waals surface area (Å²) in [6.07, 6.45) is -0.921. The first-order valence-corrected chi connectivity index (χ1v) is 7.31. The molecule has 110 valence electrons. The monoisotopic (exact) mass is 356 g/mol. The van der Waals surface area contributed by atoms with Crippen molar-refractivity contribution < 1.29 is 13.2 Å². The largest absolute Gasteiger partial charge is 0.416 e. The van der Waals surface area contributed by atoms with Gasteiger partial charge in [0.05, 0.1) is 17.3 Å². The van der Waals surface area contributed by atoms with E-state index >= 15 is 0 Å². The summed E-state index contributed by atoms with van der Waals surface area (Å²) in [7, 11) is 0. The van der Waals surface area contributed by atoms with Crippen LogP contribution in [0.2, 0.25) is 0 Å². The topological polar surface area (TPSA) is 24.9 Å². The zero-order valence-corrected chi connectivity index (χ0v) is 12.5. The number of hydrogen-bond donors (Lipinski definition) is 1. The Hall–Kier alpha value is -1.56. The molecular weight excluding hydrogens is 345 g/mol. The maximum absolute atomic E-state index is 12.8. The minimum absolute atomic E-state index is 0.0546. The van der Waals surface area contributed by atoms with Crippen LogP contribution in [-0.4, -0.2) is 4.98 Å². The number of hydrogen-bond acceptors (Lipinski definition) is 2. The first-order chi connectivity index (χ1) is 9.95. The van der Waals surface area contributed by atoms with Gasteiger partial charge < -0.3 is 5.32 Å². The van der Waals surface area contributed by atoms with Crippen LogP contribution in [0.5, 0.6) is 0 Å². The molecule has 0 saturated carbocycles. The number of rotatable bonds is 2. The van der Waals surface area contributed by atoms with E-state index in [0.29, 0.717) is 10.2 Å². The van der Waals surface area contributed by atoms with Crippen molar-refractivity contribution >= 4 is 21.6 Å². The van der Waals surface area contributed by atoms with E-state index in [-0.39, 0.29) is 6.04 Å². The number of aryl methyl sites for hydroxylation is 1. The van der Waals surface area contributed by atoms with Gasteiger partial charge in [0, 0.05) is 16.4 Å². The lowest BCUT2D eigenvalue weighted by Crippen LogP contribution is -2.11. The summed E-state index contributed by atoms with van der Waals surface area (Å²) in [6, 6.07) is 7.44. The van der Waals surface area contributed by atoms with Crippen LogP contribution in [0.25, 0.3) is 0 Å². The predicted molar refractivity (Wildman–Crippen MR) is 78.1 cm³/mol. The van der Waals surface area contributed by atoms with Gasteiger partial charge in [-0.25, -0.2) is 0 Å². The number of anilines is 1. The second-order valence-corrected chi connectivity index (χ2v) is 5.83.